The van der Waals surface area contributed by atoms with Crippen LogP contribution in [0.4, 0.5) is 0 Å². The summed E-state index contributed by atoms with van der Waals surface area (Å²) < 4.78 is 56.2. The van der Waals surface area contributed by atoms with E-state index in [0.717, 1.165) is 0 Å². The summed E-state index contributed by atoms with van der Waals surface area (Å²) in [4.78, 5) is 0. The SMILES string of the molecule is O=S(=O)(O)CCCS(=O)(=O)O.[H-].[Na+]. The van der Waals surface area contributed by atoms with Gasteiger partial charge in [0.1, 0.15) is 0 Å². The van der Waals surface area contributed by atoms with Crippen LogP contribution in [0.25, 0.3) is 0 Å². The van der Waals surface area contributed by atoms with Crippen LogP contribution in [0.3, 0.4) is 0 Å². The van der Waals surface area contributed by atoms with E-state index < -0.39 is 31.7 Å². The Morgan fingerprint density at radius 2 is 1.17 bits per heavy atom. The van der Waals surface area contributed by atoms with Crippen molar-refractivity contribution in [3.8, 4) is 0 Å². The van der Waals surface area contributed by atoms with Crippen LogP contribution in [0.5, 0.6) is 0 Å². The van der Waals surface area contributed by atoms with Gasteiger partial charge in [-0.3, -0.25) is 9.11 Å². The van der Waals surface area contributed by atoms with Gasteiger partial charge in [-0.05, 0) is 6.42 Å². The summed E-state index contributed by atoms with van der Waals surface area (Å²) in [7, 11) is -8.24. The molecule has 2 N–H and O–H groups in total. The summed E-state index contributed by atoms with van der Waals surface area (Å²) in [5.41, 5.74) is 0. The molecule has 0 amide bonds. The minimum absolute atomic E-state index is 0. The van der Waals surface area contributed by atoms with Crippen molar-refractivity contribution in [2.24, 2.45) is 0 Å². The van der Waals surface area contributed by atoms with Gasteiger partial charge in [0.2, 0.25) is 0 Å². The molecule has 0 saturated heterocycles. The fourth-order valence-electron chi connectivity index (χ4n) is 0.424. The first-order valence-electron chi connectivity index (χ1n) is 2.61. The summed E-state index contributed by atoms with van der Waals surface area (Å²) >= 11 is 0. The molecule has 0 rings (SSSR count). The van der Waals surface area contributed by atoms with E-state index in [-0.39, 0.29) is 37.4 Å². The maximum absolute atomic E-state index is 10.00. The van der Waals surface area contributed by atoms with Crippen molar-refractivity contribution in [1.29, 1.82) is 0 Å². The Labute approximate surface area is 94.6 Å². The Hall–Kier alpha value is 0.820. The summed E-state index contributed by atoms with van der Waals surface area (Å²) in [6, 6.07) is 0. The second-order valence-corrected chi connectivity index (χ2v) is 5.07. The molecular formula is C3H9NaO6S2. The van der Waals surface area contributed by atoms with Crippen LogP contribution in [0.2, 0.25) is 0 Å². The maximum Gasteiger partial charge on any atom is 1.00 e. The van der Waals surface area contributed by atoms with Gasteiger partial charge in [0.05, 0.1) is 11.5 Å². The average Bonchev–Trinajstić information content (AvgIpc) is 1.55. The summed E-state index contributed by atoms with van der Waals surface area (Å²) in [6.07, 6.45) is -0.308. The Bertz CT molecular complexity index is 275. The zero-order valence-electron chi connectivity index (χ0n) is 7.47. The molecule has 0 unspecified atom stereocenters. The molecule has 0 saturated carbocycles. The summed E-state index contributed by atoms with van der Waals surface area (Å²) in [6.45, 7) is 0. The van der Waals surface area contributed by atoms with Crippen molar-refractivity contribution in [2.45, 2.75) is 6.42 Å². The standard InChI is InChI=1S/C3H8O6S2.Na.H/c4-10(5,6)2-1-3-11(7,8)9;;/h1-3H2,(H,4,5,6)(H,7,8,9);;/q;+1;-1. The molecule has 0 bridgehead atoms. The van der Waals surface area contributed by atoms with Crippen LogP contribution in [-0.4, -0.2) is 37.4 Å². The number of hydrogen-bond acceptors (Lipinski definition) is 4. The van der Waals surface area contributed by atoms with E-state index in [0.29, 0.717) is 0 Å². The zero-order valence-corrected chi connectivity index (χ0v) is 10.1. The molecule has 0 aromatic carbocycles. The third kappa shape index (κ3) is 13.4. The molecule has 0 fully saturated rings. The van der Waals surface area contributed by atoms with Gasteiger partial charge >= 0.3 is 29.6 Å². The molecule has 0 radical (unpaired) electrons. The molecule has 0 heterocycles. The fraction of sp³-hybridized carbons (Fsp3) is 1.00. The second kappa shape index (κ2) is 5.53. The molecule has 12 heavy (non-hydrogen) atoms. The second-order valence-electron chi connectivity index (χ2n) is 1.93. The molecule has 0 aliphatic carbocycles. The predicted molar refractivity (Wildman–Crippen MR) is 38.6 cm³/mol. The smallest absolute Gasteiger partial charge is 1.00 e. The topological polar surface area (TPSA) is 109 Å². The quantitative estimate of drug-likeness (QED) is 0.378. The van der Waals surface area contributed by atoms with Gasteiger partial charge in [-0.25, -0.2) is 0 Å². The van der Waals surface area contributed by atoms with Crippen molar-refractivity contribution in [3.05, 3.63) is 0 Å². The normalized spacial score (nSPS) is 12.2. The van der Waals surface area contributed by atoms with Crippen LogP contribution < -0.4 is 29.6 Å². The van der Waals surface area contributed by atoms with Crippen molar-refractivity contribution >= 4 is 20.2 Å². The van der Waals surface area contributed by atoms with Crippen LogP contribution in [0.1, 0.15) is 7.85 Å². The van der Waals surface area contributed by atoms with Crippen LogP contribution in [0.15, 0.2) is 0 Å². The molecule has 0 aliphatic heterocycles. The minimum atomic E-state index is -4.12. The van der Waals surface area contributed by atoms with Gasteiger partial charge in [-0.15, -0.1) is 0 Å². The van der Waals surface area contributed by atoms with Crippen molar-refractivity contribution in [3.63, 3.8) is 0 Å². The van der Waals surface area contributed by atoms with Crippen molar-refractivity contribution in [1.82, 2.24) is 0 Å². The molecule has 0 aromatic heterocycles. The van der Waals surface area contributed by atoms with E-state index in [4.69, 9.17) is 9.11 Å². The number of hydrogen-bond donors (Lipinski definition) is 2. The fourth-order valence-corrected chi connectivity index (χ4v) is 1.62. The molecule has 6 nitrogen and oxygen atoms in total. The van der Waals surface area contributed by atoms with E-state index in [1.807, 2.05) is 0 Å². The molecule has 9 heteroatoms. The Morgan fingerprint density at radius 3 is 1.33 bits per heavy atom. The van der Waals surface area contributed by atoms with E-state index in [9.17, 15) is 16.8 Å². The first-order valence-corrected chi connectivity index (χ1v) is 5.83. The van der Waals surface area contributed by atoms with Crippen molar-refractivity contribution in [2.75, 3.05) is 11.5 Å². The minimum Gasteiger partial charge on any atom is -1.00 e. The average molecular weight is 228 g/mol. The third-order valence-corrected chi connectivity index (χ3v) is 2.41. The molecule has 0 aliphatic rings. The molecule has 70 valence electrons. The zero-order chi connectivity index (χ0) is 9.12. The predicted octanol–water partition coefficient (Wildman–Crippen LogP) is -3.73. The molecular weight excluding hydrogens is 219 g/mol. The van der Waals surface area contributed by atoms with Crippen LogP contribution in [-0.2, 0) is 20.2 Å². The largest absolute Gasteiger partial charge is 1.00 e. The monoisotopic (exact) mass is 228 g/mol. The van der Waals surface area contributed by atoms with Gasteiger partial charge in [-0.1, -0.05) is 0 Å². The summed E-state index contributed by atoms with van der Waals surface area (Å²) in [5, 5.41) is 0. The molecule has 0 spiro atoms. The van der Waals surface area contributed by atoms with E-state index in [2.05, 4.69) is 0 Å². The van der Waals surface area contributed by atoms with Gasteiger partial charge in [0, 0.05) is 0 Å². The van der Waals surface area contributed by atoms with Crippen molar-refractivity contribution < 1.29 is 56.9 Å². The van der Waals surface area contributed by atoms with Crippen LogP contribution >= 0.6 is 0 Å². The Balaban J connectivity index is -0.000000500. The maximum atomic E-state index is 10.00. The van der Waals surface area contributed by atoms with Gasteiger partial charge in [0.15, 0.2) is 0 Å². The van der Waals surface area contributed by atoms with E-state index >= 15 is 0 Å². The first-order chi connectivity index (χ1) is 4.71. The van der Waals surface area contributed by atoms with E-state index in [1.54, 1.807) is 0 Å². The van der Waals surface area contributed by atoms with Gasteiger partial charge < -0.3 is 1.43 Å². The molecule has 0 aromatic rings. The van der Waals surface area contributed by atoms with Gasteiger partial charge in [-0.2, -0.15) is 16.8 Å². The third-order valence-electron chi connectivity index (χ3n) is 0.805. The molecule has 0 atom stereocenters. The van der Waals surface area contributed by atoms with Crippen LogP contribution in [0, 0.1) is 0 Å². The van der Waals surface area contributed by atoms with Gasteiger partial charge in [0.25, 0.3) is 20.2 Å². The first kappa shape index (κ1) is 15.3. The number of rotatable bonds is 4. The summed E-state index contributed by atoms with van der Waals surface area (Å²) in [5.74, 6) is -1.32. The van der Waals surface area contributed by atoms with E-state index in [1.165, 1.54) is 0 Å². The Morgan fingerprint density at radius 1 is 0.917 bits per heavy atom. The Kier molecular flexibility index (Phi) is 7.05.